The number of hydrazine groups is 1. The zero-order chi connectivity index (χ0) is 13.8. The van der Waals surface area contributed by atoms with Crippen LogP contribution < -0.4 is 11.3 Å². The van der Waals surface area contributed by atoms with Crippen molar-refractivity contribution >= 4 is 46.1 Å². The SMILES string of the molecule is NNC(Cc1ccc(Cl)c(Cl)c1)Cc1ccc(Cl)s1. The highest BCUT2D eigenvalue weighted by atomic mass is 35.5. The average molecular weight is 336 g/mol. The molecule has 0 spiro atoms. The molecule has 0 radical (unpaired) electrons. The fourth-order valence-corrected chi connectivity index (χ4v) is 3.33. The summed E-state index contributed by atoms with van der Waals surface area (Å²) in [7, 11) is 0. The van der Waals surface area contributed by atoms with Crippen molar-refractivity contribution in [3.05, 3.63) is 55.2 Å². The summed E-state index contributed by atoms with van der Waals surface area (Å²) in [5.74, 6) is 5.61. The van der Waals surface area contributed by atoms with Crippen LogP contribution in [0.25, 0.3) is 0 Å². The average Bonchev–Trinajstić information content (AvgIpc) is 2.78. The third kappa shape index (κ3) is 4.35. The molecule has 0 saturated heterocycles. The molecule has 1 unspecified atom stereocenters. The largest absolute Gasteiger partial charge is 0.271 e. The van der Waals surface area contributed by atoms with Crippen LogP contribution in [0.4, 0.5) is 0 Å². The molecular weight excluding hydrogens is 323 g/mol. The summed E-state index contributed by atoms with van der Waals surface area (Å²) in [6, 6.07) is 9.68. The predicted molar refractivity (Wildman–Crippen MR) is 84.3 cm³/mol. The molecule has 0 aliphatic rings. The van der Waals surface area contributed by atoms with Crippen molar-refractivity contribution in [3.63, 3.8) is 0 Å². The molecule has 1 heterocycles. The molecule has 2 aromatic rings. The van der Waals surface area contributed by atoms with E-state index in [1.807, 2.05) is 24.3 Å². The number of nitrogens with two attached hydrogens (primary N) is 1. The molecule has 1 aromatic carbocycles. The highest BCUT2D eigenvalue weighted by Crippen LogP contribution is 2.25. The van der Waals surface area contributed by atoms with Crippen molar-refractivity contribution in [2.45, 2.75) is 18.9 Å². The van der Waals surface area contributed by atoms with Crippen molar-refractivity contribution in [1.82, 2.24) is 5.43 Å². The van der Waals surface area contributed by atoms with E-state index in [-0.39, 0.29) is 6.04 Å². The molecule has 0 bridgehead atoms. The van der Waals surface area contributed by atoms with E-state index in [4.69, 9.17) is 40.6 Å². The van der Waals surface area contributed by atoms with E-state index in [1.165, 1.54) is 4.88 Å². The van der Waals surface area contributed by atoms with Crippen LogP contribution in [-0.2, 0) is 12.8 Å². The standard InChI is InChI=1S/C13H13Cl3N2S/c14-11-3-1-8(6-12(11)15)5-9(18-17)7-10-2-4-13(16)19-10/h1-4,6,9,18H,5,7,17H2. The first kappa shape index (κ1) is 15.1. The lowest BCUT2D eigenvalue weighted by molar-refractivity contribution is 0.526. The van der Waals surface area contributed by atoms with Gasteiger partial charge in [-0.25, -0.2) is 0 Å². The molecule has 19 heavy (non-hydrogen) atoms. The van der Waals surface area contributed by atoms with Crippen molar-refractivity contribution in [2.24, 2.45) is 5.84 Å². The van der Waals surface area contributed by atoms with Crippen molar-refractivity contribution in [1.29, 1.82) is 0 Å². The van der Waals surface area contributed by atoms with Crippen molar-refractivity contribution < 1.29 is 0 Å². The Bertz CT molecular complexity index is 557. The molecule has 1 aromatic heterocycles. The molecule has 0 fully saturated rings. The van der Waals surface area contributed by atoms with Crippen molar-refractivity contribution in [3.8, 4) is 0 Å². The Morgan fingerprint density at radius 1 is 1.05 bits per heavy atom. The third-order valence-corrected chi connectivity index (χ3v) is 4.77. The van der Waals surface area contributed by atoms with Gasteiger partial charge in [-0.15, -0.1) is 11.3 Å². The molecule has 0 aliphatic heterocycles. The Morgan fingerprint density at radius 2 is 1.84 bits per heavy atom. The van der Waals surface area contributed by atoms with Gasteiger partial charge in [0.2, 0.25) is 0 Å². The van der Waals surface area contributed by atoms with E-state index in [9.17, 15) is 0 Å². The summed E-state index contributed by atoms with van der Waals surface area (Å²) < 4.78 is 0.792. The van der Waals surface area contributed by atoms with Crippen LogP contribution in [0.5, 0.6) is 0 Å². The molecular formula is C13H13Cl3N2S. The Morgan fingerprint density at radius 3 is 2.42 bits per heavy atom. The molecule has 3 N–H and O–H groups in total. The van der Waals surface area contributed by atoms with E-state index in [0.29, 0.717) is 10.0 Å². The maximum atomic E-state index is 6.01. The van der Waals surface area contributed by atoms with Crippen LogP contribution in [0.15, 0.2) is 30.3 Å². The quantitative estimate of drug-likeness (QED) is 0.630. The second-order valence-electron chi connectivity index (χ2n) is 4.23. The first-order chi connectivity index (χ1) is 9.08. The molecule has 1 atom stereocenters. The van der Waals surface area contributed by atoms with E-state index in [0.717, 1.165) is 22.7 Å². The Labute approximate surface area is 131 Å². The zero-order valence-corrected chi connectivity index (χ0v) is 13.1. The molecule has 6 heteroatoms. The minimum Gasteiger partial charge on any atom is -0.271 e. The van der Waals surface area contributed by atoms with Gasteiger partial charge in [0.05, 0.1) is 14.4 Å². The highest BCUT2D eigenvalue weighted by molar-refractivity contribution is 7.16. The first-order valence-corrected chi connectivity index (χ1v) is 7.68. The first-order valence-electron chi connectivity index (χ1n) is 5.72. The van der Waals surface area contributed by atoms with Gasteiger partial charge in [0.15, 0.2) is 0 Å². The topological polar surface area (TPSA) is 38.0 Å². The number of hydrogen-bond donors (Lipinski definition) is 2. The summed E-state index contributed by atoms with van der Waals surface area (Å²) in [6.45, 7) is 0. The van der Waals surface area contributed by atoms with Crippen LogP contribution in [0, 0.1) is 0 Å². The zero-order valence-electron chi connectivity index (χ0n) is 10.00. The summed E-state index contributed by atoms with van der Waals surface area (Å²) in [4.78, 5) is 1.20. The van der Waals surface area contributed by atoms with E-state index in [1.54, 1.807) is 17.4 Å². The Balaban J connectivity index is 2.04. The maximum absolute atomic E-state index is 6.01. The molecule has 0 saturated carbocycles. The molecule has 0 aliphatic carbocycles. The predicted octanol–water partition coefficient (Wildman–Crippen LogP) is 4.33. The lowest BCUT2D eigenvalue weighted by atomic mass is 10.0. The van der Waals surface area contributed by atoms with Gasteiger partial charge >= 0.3 is 0 Å². The van der Waals surface area contributed by atoms with Crippen LogP contribution in [0.1, 0.15) is 10.4 Å². The van der Waals surface area contributed by atoms with E-state index < -0.39 is 0 Å². The maximum Gasteiger partial charge on any atom is 0.0931 e. The lowest BCUT2D eigenvalue weighted by Gasteiger charge is -2.15. The van der Waals surface area contributed by atoms with Gasteiger partial charge in [0.1, 0.15) is 0 Å². The number of hydrogen-bond acceptors (Lipinski definition) is 3. The highest BCUT2D eigenvalue weighted by Gasteiger charge is 2.11. The second kappa shape index (κ2) is 6.93. The number of nitrogens with one attached hydrogen (secondary N) is 1. The van der Waals surface area contributed by atoms with Crippen LogP contribution >= 0.6 is 46.1 Å². The fraction of sp³-hybridized carbons (Fsp3) is 0.231. The van der Waals surface area contributed by atoms with E-state index >= 15 is 0 Å². The monoisotopic (exact) mass is 334 g/mol. The lowest BCUT2D eigenvalue weighted by Crippen LogP contribution is -2.38. The van der Waals surface area contributed by atoms with Gasteiger partial charge < -0.3 is 0 Å². The van der Waals surface area contributed by atoms with Gasteiger partial charge in [-0.05, 0) is 42.7 Å². The van der Waals surface area contributed by atoms with Gasteiger partial charge in [-0.2, -0.15) is 0 Å². The second-order valence-corrected chi connectivity index (χ2v) is 6.84. The summed E-state index contributed by atoms with van der Waals surface area (Å²) in [5, 5.41) is 1.13. The summed E-state index contributed by atoms with van der Waals surface area (Å²) >= 11 is 19.4. The van der Waals surface area contributed by atoms with Gasteiger partial charge in [-0.3, -0.25) is 11.3 Å². The van der Waals surface area contributed by atoms with Crippen LogP contribution in [0.3, 0.4) is 0 Å². The van der Waals surface area contributed by atoms with Crippen LogP contribution in [-0.4, -0.2) is 6.04 Å². The van der Waals surface area contributed by atoms with Gasteiger partial charge in [-0.1, -0.05) is 40.9 Å². The van der Waals surface area contributed by atoms with Gasteiger partial charge in [0, 0.05) is 10.9 Å². The minimum atomic E-state index is 0.131. The fourth-order valence-electron chi connectivity index (χ4n) is 1.85. The number of halogens is 3. The third-order valence-electron chi connectivity index (χ3n) is 2.78. The molecule has 2 nitrogen and oxygen atoms in total. The Hall–Kier alpha value is -0.290. The number of rotatable bonds is 5. The van der Waals surface area contributed by atoms with Crippen LogP contribution in [0.2, 0.25) is 14.4 Å². The normalized spacial score (nSPS) is 12.6. The number of thiophene rings is 1. The summed E-state index contributed by atoms with van der Waals surface area (Å²) in [6.07, 6.45) is 1.61. The molecule has 102 valence electrons. The minimum absolute atomic E-state index is 0.131. The van der Waals surface area contributed by atoms with Crippen molar-refractivity contribution in [2.75, 3.05) is 0 Å². The van der Waals surface area contributed by atoms with Gasteiger partial charge in [0.25, 0.3) is 0 Å². The Kier molecular flexibility index (Phi) is 5.51. The molecule has 0 amide bonds. The van der Waals surface area contributed by atoms with E-state index in [2.05, 4.69) is 5.43 Å². The smallest absolute Gasteiger partial charge is 0.0931 e. The number of benzene rings is 1. The molecule has 2 rings (SSSR count). The summed E-state index contributed by atoms with van der Waals surface area (Å²) in [5.41, 5.74) is 3.93.